The van der Waals surface area contributed by atoms with Crippen LogP contribution in [0.4, 0.5) is 0 Å². The van der Waals surface area contributed by atoms with E-state index in [2.05, 4.69) is 4.98 Å². The fourth-order valence-corrected chi connectivity index (χ4v) is 2.85. The van der Waals surface area contributed by atoms with Crippen molar-refractivity contribution in [1.29, 1.82) is 0 Å². The largest absolute Gasteiger partial charge is 0.330 e. The van der Waals surface area contributed by atoms with E-state index < -0.39 is 0 Å². The Bertz CT molecular complexity index is 686. The zero-order chi connectivity index (χ0) is 13.8. The molecule has 0 N–H and O–H groups in total. The van der Waals surface area contributed by atoms with Gasteiger partial charge in [0, 0.05) is 30.9 Å². The van der Waals surface area contributed by atoms with E-state index in [1.54, 1.807) is 17.5 Å². The second-order valence-electron chi connectivity index (χ2n) is 4.46. The number of aryl methyl sites for hydroxylation is 1. The summed E-state index contributed by atoms with van der Waals surface area (Å²) in [4.78, 5) is 17.6. The normalized spacial score (nSPS) is 10.6. The van der Waals surface area contributed by atoms with Gasteiger partial charge in [-0.25, -0.2) is 4.98 Å². The van der Waals surface area contributed by atoms with Gasteiger partial charge in [0.15, 0.2) is 5.78 Å². The molecule has 0 radical (unpaired) electrons. The summed E-state index contributed by atoms with van der Waals surface area (Å²) in [5.74, 6) is 1.09. The number of nitrogens with zero attached hydrogens (tertiary/aromatic N) is 2. The molecule has 0 saturated heterocycles. The van der Waals surface area contributed by atoms with Gasteiger partial charge in [-0.1, -0.05) is 36.4 Å². The van der Waals surface area contributed by atoms with Crippen molar-refractivity contribution in [2.45, 2.75) is 13.0 Å². The van der Waals surface area contributed by atoms with Crippen molar-refractivity contribution in [1.82, 2.24) is 9.55 Å². The van der Waals surface area contributed by atoms with E-state index in [9.17, 15) is 4.79 Å². The monoisotopic (exact) mass is 282 g/mol. The number of ketones is 1. The Kier molecular flexibility index (Phi) is 3.74. The number of Topliss-reactive ketones (excluding diaryl/α,β-unsaturated/α-hetero) is 1. The van der Waals surface area contributed by atoms with E-state index in [4.69, 9.17) is 0 Å². The molecule has 0 fully saturated rings. The fourth-order valence-electron chi connectivity index (χ4n) is 2.11. The van der Waals surface area contributed by atoms with Crippen molar-refractivity contribution in [3.05, 3.63) is 65.8 Å². The molecule has 3 aromatic rings. The average Bonchev–Trinajstić information content (AvgIpc) is 3.16. The Morgan fingerprint density at radius 2 is 2.00 bits per heavy atom. The molecule has 4 heteroatoms. The highest BCUT2D eigenvalue weighted by atomic mass is 32.1. The molecule has 0 unspecified atom stereocenters. The third-order valence-corrected chi connectivity index (χ3v) is 4.00. The summed E-state index contributed by atoms with van der Waals surface area (Å²) in [5.41, 5.74) is 0.769. The second-order valence-corrected chi connectivity index (χ2v) is 5.41. The van der Waals surface area contributed by atoms with E-state index in [-0.39, 0.29) is 5.78 Å². The summed E-state index contributed by atoms with van der Waals surface area (Å²) in [6.45, 7) is 0.654. The van der Waals surface area contributed by atoms with Crippen LogP contribution in [0.25, 0.3) is 10.7 Å². The molecule has 3 nitrogen and oxygen atoms in total. The van der Waals surface area contributed by atoms with Crippen LogP contribution in [0.2, 0.25) is 0 Å². The van der Waals surface area contributed by atoms with Crippen molar-refractivity contribution >= 4 is 17.1 Å². The van der Waals surface area contributed by atoms with Gasteiger partial charge in [-0.2, -0.15) is 0 Å². The first-order valence-electron chi connectivity index (χ1n) is 6.48. The van der Waals surface area contributed by atoms with Crippen LogP contribution in [-0.4, -0.2) is 15.3 Å². The Labute approximate surface area is 121 Å². The highest BCUT2D eigenvalue weighted by Crippen LogP contribution is 2.23. The maximum atomic E-state index is 12.1. The first-order chi connectivity index (χ1) is 9.84. The Hall–Kier alpha value is -2.20. The summed E-state index contributed by atoms with van der Waals surface area (Å²) in [7, 11) is 0. The molecule has 0 saturated carbocycles. The zero-order valence-corrected chi connectivity index (χ0v) is 11.7. The zero-order valence-electron chi connectivity index (χ0n) is 10.9. The van der Waals surface area contributed by atoms with Gasteiger partial charge >= 0.3 is 0 Å². The van der Waals surface area contributed by atoms with Gasteiger partial charge in [-0.3, -0.25) is 4.79 Å². The van der Waals surface area contributed by atoms with Crippen LogP contribution in [0.3, 0.4) is 0 Å². The summed E-state index contributed by atoms with van der Waals surface area (Å²) in [6, 6.07) is 13.5. The number of hydrogen-bond donors (Lipinski definition) is 0. The summed E-state index contributed by atoms with van der Waals surface area (Å²) in [6.07, 6.45) is 4.19. The van der Waals surface area contributed by atoms with Crippen LogP contribution in [0.5, 0.6) is 0 Å². The molecule has 100 valence electrons. The number of carbonyl (C=O) groups excluding carboxylic acids is 1. The average molecular weight is 282 g/mol. The number of benzene rings is 1. The van der Waals surface area contributed by atoms with Crippen molar-refractivity contribution < 1.29 is 4.79 Å². The van der Waals surface area contributed by atoms with E-state index in [1.807, 2.05) is 58.6 Å². The van der Waals surface area contributed by atoms with Crippen LogP contribution in [0, 0.1) is 0 Å². The maximum Gasteiger partial charge on any atom is 0.164 e. The lowest BCUT2D eigenvalue weighted by atomic mass is 10.1. The summed E-state index contributed by atoms with van der Waals surface area (Å²) >= 11 is 1.66. The van der Waals surface area contributed by atoms with Crippen LogP contribution >= 0.6 is 11.3 Å². The van der Waals surface area contributed by atoms with Crippen LogP contribution in [0.1, 0.15) is 16.8 Å². The van der Waals surface area contributed by atoms with Crippen molar-refractivity contribution in [3.8, 4) is 10.7 Å². The molecule has 1 aromatic carbocycles. The number of imidazole rings is 1. The van der Waals surface area contributed by atoms with Gasteiger partial charge in [0.05, 0.1) is 4.88 Å². The highest BCUT2D eigenvalue weighted by molar-refractivity contribution is 7.13. The Morgan fingerprint density at radius 3 is 2.75 bits per heavy atom. The van der Waals surface area contributed by atoms with Crippen molar-refractivity contribution in [2.24, 2.45) is 0 Å². The quantitative estimate of drug-likeness (QED) is 0.665. The first-order valence-corrected chi connectivity index (χ1v) is 7.36. The molecule has 0 aliphatic heterocycles. The van der Waals surface area contributed by atoms with E-state index in [0.717, 1.165) is 16.3 Å². The number of rotatable bonds is 5. The third-order valence-electron chi connectivity index (χ3n) is 3.13. The highest BCUT2D eigenvalue weighted by Gasteiger charge is 2.09. The Balaban J connectivity index is 1.71. The van der Waals surface area contributed by atoms with E-state index in [0.29, 0.717) is 13.0 Å². The van der Waals surface area contributed by atoms with Gasteiger partial charge in [0.25, 0.3) is 0 Å². The fraction of sp³-hybridized carbons (Fsp3) is 0.125. The van der Waals surface area contributed by atoms with Crippen molar-refractivity contribution in [3.63, 3.8) is 0 Å². The molecule has 2 heterocycles. The number of aromatic nitrogens is 2. The topological polar surface area (TPSA) is 34.9 Å². The smallest absolute Gasteiger partial charge is 0.164 e. The first kappa shape index (κ1) is 12.8. The SMILES string of the molecule is O=C(CCn1ccnc1-c1cccs1)c1ccccc1. The molecule has 0 bridgehead atoms. The van der Waals surface area contributed by atoms with Gasteiger partial charge in [-0.15, -0.1) is 11.3 Å². The van der Waals surface area contributed by atoms with Gasteiger partial charge < -0.3 is 4.57 Å². The molecule has 0 aliphatic rings. The standard InChI is InChI=1S/C16H14N2OS/c19-14(13-5-2-1-3-6-13)8-10-18-11-9-17-16(18)15-7-4-12-20-15/h1-7,9,11-12H,8,10H2. The van der Waals surface area contributed by atoms with Gasteiger partial charge in [0.1, 0.15) is 5.82 Å². The predicted molar refractivity (Wildman–Crippen MR) is 80.9 cm³/mol. The molecule has 0 amide bonds. The van der Waals surface area contributed by atoms with Gasteiger partial charge in [0.2, 0.25) is 0 Å². The lowest BCUT2D eigenvalue weighted by Gasteiger charge is -2.06. The molecule has 0 atom stereocenters. The predicted octanol–water partition coefficient (Wildman–Crippen LogP) is 3.88. The minimum Gasteiger partial charge on any atom is -0.330 e. The van der Waals surface area contributed by atoms with Crippen LogP contribution in [-0.2, 0) is 6.54 Å². The van der Waals surface area contributed by atoms with Crippen LogP contribution in [0.15, 0.2) is 60.2 Å². The minimum absolute atomic E-state index is 0.163. The van der Waals surface area contributed by atoms with Crippen LogP contribution < -0.4 is 0 Å². The van der Waals surface area contributed by atoms with Gasteiger partial charge in [-0.05, 0) is 11.4 Å². The van der Waals surface area contributed by atoms with E-state index >= 15 is 0 Å². The molecule has 20 heavy (non-hydrogen) atoms. The molecule has 0 aliphatic carbocycles. The van der Waals surface area contributed by atoms with E-state index in [1.165, 1.54) is 0 Å². The number of thiophene rings is 1. The molecule has 2 aromatic heterocycles. The minimum atomic E-state index is 0.163. The second kappa shape index (κ2) is 5.84. The molecular formula is C16H14N2OS. The Morgan fingerprint density at radius 1 is 1.15 bits per heavy atom. The summed E-state index contributed by atoms with van der Waals surface area (Å²) in [5, 5.41) is 2.03. The summed E-state index contributed by atoms with van der Waals surface area (Å²) < 4.78 is 2.03. The lowest BCUT2D eigenvalue weighted by molar-refractivity contribution is 0.0977. The maximum absolute atomic E-state index is 12.1. The molecular weight excluding hydrogens is 268 g/mol. The number of carbonyl (C=O) groups is 1. The third kappa shape index (κ3) is 2.70. The molecule has 3 rings (SSSR count). The number of hydrogen-bond acceptors (Lipinski definition) is 3. The lowest BCUT2D eigenvalue weighted by Crippen LogP contribution is -2.06. The molecule has 0 spiro atoms. The van der Waals surface area contributed by atoms with Crippen molar-refractivity contribution in [2.75, 3.05) is 0 Å².